The fourth-order valence-corrected chi connectivity index (χ4v) is 2.84. The average molecular weight is 270 g/mol. The first kappa shape index (κ1) is 16.9. The first-order valence-electron chi connectivity index (χ1n) is 8.04. The van der Waals surface area contributed by atoms with Gasteiger partial charge in [0.05, 0.1) is 0 Å². The molecule has 3 heteroatoms. The number of hydrogen-bond donors (Lipinski definition) is 1. The van der Waals surface area contributed by atoms with Crippen molar-refractivity contribution in [3.05, 3.63) is 0 Å². The first-order chi connectivity index (χ1) is 8.99. The Balaban J connectivity index is 2.48. The summed E-state index contributed by atoms with van der Waals surface area (Å²) in [6.45, 7) is 16.6. The molecule has 1 fully saturated rings. The number of nitrogens with one attached hydrogen (secondary N) is 1. The third-order valence-corrected chi connectivity index (χ3v) is 4.14. The van der Waals surface area contributed by atoms with E-state index in [-0.39, 0.29) is 0 Å². The maximum atomic E-state index is 5.47. The Labute approximate surface area is 120 Å². The van der Waals surface area contributed by atoms with Crippen LogP contribution in [0.3, 0.4) is 0 Å². The highest BCUT2D eigenvalue weighted by molar-refractivity contribution is 4.91. The molecule has 1 N–H and O–H groups in total. The maximum absolute atomic E-state index is 5.47. The minimum Gasteiger partial charge on any atom is -0.382 e. The van der Waals surface area contributed by atoms with E-state index < -0.39 is 0 Å². The van der Waals surface area contributed by atoms with Crippen molar-refractivity contribution in [1.82, 2.24) is 10.2 Å². The predicted molar refractivity (Wildman–Crippen MR) is 82.6 cm³/mol. The average Bonchev–Trinajstić information content (AvgIpc) is 2.35. The molecule has 0 radical (unpaired) electrons. The molecule has 2 atom stereocenters. The molecular formula is C16H34N2O. The number of hydrogen-bond acceptors (Lipinski definition) is 3. The van der Waals surface area contributed by atoms with Crippen LogP contribution >= 0.6 is 0 Å². The minimum absolute atomic E-state index is 0.343. The van der Waals surface area contributed by atoms with Crippen LogP contribution in [0.5, 0.6) is 0 Å². The molecule has 0 spiro atoms. The second kappa shape index (κ2) is 8.23. The lowest BCUT2D eigenvalue weighted by Crippen LogP contribution is -2.60. The van der Waals surface area contributed by atoms with Crippen molar-refractivity contribution in [2.24, 2.45) is 5.41 Å². The molecule has 0 aliphatic carbocycles. The number of piperazine rings is 1. The summed E-state index contributed by atoms with van der Waals surface area (Å²) in [5.41, 5.74) is 0.343. The van der Waals surface area contributed by atoms with Gasteiger partial charge in [0.2, 0.25) is 0 Å². The van der Waals surface area contributed by atoms with E-state index in [9.17, 15) is 0 Å². The molecule has 19 heavy (non-hydrogen) atoms. The monoisotopic (exact) mass is 270 g/mol. The van der Waals surface area contributed by atoms with Gasteiger partial charge in [-0.15, -0.1) is 0 Å². The summed E-state index contributed by atoms with van der Waals surface area (Å²) in [6, 6.07) is 1.32. The Hall–Kier alpha value is -0.120. The Morgan fingerprint density at radius 1 is 1.26 bits per heavy atom. The lowest BCUT2D eigenvalue weighted by Gasteiger charge is -2.45. The maximum Gasteiger partial charge on any atom is 0.0478 e. The van der Waals surface area contributed by atoms with Gasteiger partial charge in [0.25, 0.3) is 0 Å². The summed E-state index contributed by atoms with van der Waals surface area (Å²) in [6.07, 6.45) is 3.73. The van der Waals surface area contributed by atoms with Gasteiger partial charge in [0.15, 0.2) is 0 Å². The standard InChI is InChI=1S/C16H34N2O/c1-6-9-14-12-17-15(16(3,4)5)13-18(14)10-8-11-19-7-2/h14-15,17H,6-13H2,1-5H3. The largest absolute Gasteiger partial charge is 0.382 e. The molecule has 114 valence electrons. The molecule has 1 rings (SSSR count). The van der Waals surface area contributed by atoms with Crippen LogP contribution in [0.1, 0.15) is 53.9 Å². The van der Waals surface area contributed by atoms with E-state index in [4.69, 9.17) is 4.74 Å². The lowest BCUT2D eigenvalue weighted by atomic mass is 9.84. The van der Waals surface area contributed by atoms with Gasteiger partial charge >= 0.3 is 0 Å². The van der Waals surface area contributed by atoms with Gasteiger partial charge in [-0.25, -0.2) is 0 Å². The van der Waals surface area contributed by atoms with Crippen molar-refractivity contribution in [3.63, 3.8) is 0 Å². The van der Waals surface area contributed by atoms with E-state index in [0.717, 1.165) is 26.2 Å². The predicted octanol–water partition coefficient (Wildman–Crippen LogP) is 2.90. The second-order valence-corrected chi connectivity index (χ2v) is 6.81. The van der Waals surface area contributed by atoms with Crippen molar-refractivity contribution in [2.75, 3.05) is 32.8 Å². The van der Waals surface area contributed by atoms with Crippen molar-refractivity contribution in [1.29, 1.82) is 0 Å². The zero-order valence-corrected chi connectivity index (χ0v) is 13.7. The molecule has 1 heterocycles. The molecule has 1 aliphatic rings. The van der Waals surface area contributed by atoms with Crippen LogP contribution in [0.15, 0.2) is 0 Å². The molecule has 0 aromatic heterocycles. The normalized spacial score (nSPS) is 25.7. The molecule has 0 aromatic carbocycles. The molecule has 2 unspecified atom stereocenters. The molecule has 0 bridgehead atoms. The van der Waals surface area contributed by atoms with Crippen molar-refractivity contribution in [2.45, 2.75) is 66.0 Å². The summed E-state index contributed by atoms with van der Waals surface area (Å²) in [5.74, 6) is 0. The van der Waals surface area contributed by atoms with Crippen LogP contribution in [-0.4, -0.2) is 49.8 Å². The topological polar surface area (TPSA) is 24.5 Å². The van der Waals surface area contributed by atoms with Crippen LogP contribution in [-0.2, 0) is 4.74 Å². The number of rotatable bonds is 7. The second-order valence-electron chi connectivity index (χ2n) is 6.81. The van der Waals surface area contributed by atoms with Gasteiger partial charge in [-0.2, -0.15) is 0 Å². The summed E-state index contributed by atoms with van der Waals surface area (Å²) < 4.78 is 5.47. The van der Waals surface area contributed by atoms with Gasteiger partial charge in [-0.1, -0.05) is 34.1 Å². The van der Waals surface area contributed by atoms with E-state index >= 15 is 0 Å². The third kappa shape index (κ3) is 5.80. The molecule has 0 amide bonds. The Bertz CT molecular complexity index is 237. The highest BCUT2D eigenvalue weighted by atomic mass is 16.5. The summed E-state index contributed by atoms with van der Waals surface area (Å²) in [7, 11) is 0. The zero-order chi connectivity index (χ0) is 14.3. The van der Waals surface area contributed by atoms with Crippen LogP contribution in [0.2, 0.25) is 0 Å². The van der Waals surface area contributed by atoms with E-state index in [2.05, 4.69) is 44.8 Å². The van der Waals surface area contributed by atoms with Gasteiger partial charge in [-0.3, -0.25) is 4.90 Å². The Morgan fingerprint density at radius 3 is 2.58 bits per heavy atom. The molecule has 0 saturated carbocycles. The molecule has 1 saturated heterocycles. The SMILES string of the molecule is CCCC1CNC(C(C)(C)C)CN1CCCOCC. The van der Waals surface area contributed by atoms with E-state index in [1.54, 1.807) is 0 Å². The lowest BCUT2D eigenvalue weighted by molar-refractivity contribution is 0.0668. The fraction of sp³-hybridized carbons (Fsp3) is 1.00. The van der Waals surface area contributed by atoms with Crippen LogP contribution in [0.4, 0.5) is 0 Å². The van der Waals surface area contributed by atoms with Crippen molar-refractivity contribution >= 4 is 0 Å². The van der Waals surface area contributed by atoms with Gasteiger partial charge < -0.3 is 10.1 Å². The molecular weight excluding hydrogens is 236 g/mol. The van der Waals surface area contributed by atoms with E-state index in [1.807, 2.05) is 0 Å². The third-order valence-electron chi connectivity index (χ3n) is 4.14. The summed E-state index contributed by atoms with van der Waals surface area (Å²) in [5, 5.41) is 3.75. The fourth-order valence-electron chi connectivity index (χ4n) is 2.84. The molecule has 0 aromatic rings. The minimum atomic E-state index is 0.343. The van der Waals surface area contributed by atoms with Crippen molar-refractivity contribution < 1.29 is 4.74 Å². The van der Waals surface area contributed by atoms with E-state index in [0.29, 0.717) is 17.5 Å². The summed E-state index contributed by atoms with van der Waals surface area (Å²) >= 11 is 0. The quantitative estimate of drug-likeness (QED) is 0.720. The summed E-state index contributed by atoms with van der Waals surface area (Å²) in [4.78, 5) is 2.69. The smallest absolute Gasteiger partial charge is 0.0478 e. The van der Waals surface area contributed by atoms with Crippen LogP contribution in [0, 0.1) is 5.41 Å². The first-order valence-corrected chi connectivity index (χ1v) is 8.04. The zero-order valence-electron chi connectivity index (χ0n) is 13.7. The van der Waals surface area contributed by atoms with Crippen molar-refractivity contribution in [3.8, 4) is 0 Å². The van der Waals surface area contributed by atoms with Crippen LogP contribution < -0.4 is 5.32 Å². The molecule has 1 aliphatic heterocycles. The Morgan fingerprint density at radius 2 is 2.00 bits per heavy atom. The van der Waals surface area contributed by atoms with Gasteiger partial charge in [0.1, 0.15) is 0 Å². The Kier molecular flexibility index (Phi) is 7.33. The highest BCUT2D eigenvalue weighted by Crippen LogP contribution is 2.24. The van der Waals surface area contributed by atoms with E-state index in [1.165, 1.54) is 25.9 Å². The van der Waals surface area contributed by atoms with Gasteiger partial charge in [-0.05, 0) is 25.2 Å². The highest BCUT2D eigenvalue weighted by Gasteiger charge is 2.33. The van der Waals surface area contributed by atoms with Crippen LogP contribution in [0.25, 0.3) is 0 Å². The number of nitrogens with zero attached hydrogens (tertiary/aromatic N) is 1. The number of ether oxygens (including phenoxy) is 1. The molecule has 3 nitrogen and oxygen atoms in total. The van der Waals surface area contributed by atoms with Gasteiger partial charge in [0, 0.05) is 44.9 Å².